The van der Waals surface area contributed by atoms with E-state index < -0.39 is 5.97 Å². The highest BCUT2D eigenvalue weighted by atomic mass is 32.2. The minimum atomic E-state index is -0.439. The van der Waals surface area contributed by atoms with Gasteiger partial charge in [0.15, 0.2) is 23.3 Å². The van der Waals surface area contributed by atoms with Crippen molar-refractivity contribution in [3.05, 3.63) is 59.7 Å². The molecule has 29 heavy (non-hydrogen) atoms. The molecule has 0 bridgehead atoms. The lowest BCUT2D eigenvalue weighted by Gasteiger charge is -2.12. The Morgan fingerprint density at radius 3 is 2.62 bits per heavy atom. The van der Waals surface area contributed by atoms with Gasteiger partial charge in [-0.1, -0.05) is 42.1 Å². The van der Waals surface area contributed by atoms with E-state index in [0.29, 0.717) is 16.7 Å². The summed E-state index contributed by atoms with van der Waals surface area (Å²) in [6, 6.07) is 15.2. The molecule has 0 amide bonds. The summed E-state index contributed by atoms with van der Waals surface area (Å²) < 4.78 is 15.8. The van der Waals surface area contributed by atoms with Crippen LogP contribution < -0.4 is 15.2 Å². The van der Waals surface area contributed by atoms with Crippen LogP contribution in [0.1, 0.15) is 25.0 Å². The number of carbonyl (C=O) groups is 1. The van der Waals surface area contributed by atoms with Crippen LogP contribution >= 0.6 is 11.8 Å². The van der Waals surface area contributed by atoms with Gasteiger partial charge in [0.2, 0.25) is 0 Å². The van der Waals surface area contributed by atoms with Crippen molar-refractivity contribution in [3.63, 3.8) is 0 Å². The molecule has 0 saturated carbocycles. The third kappa shape index (κ3) is 8.27. The van der Waals surface area contributed by atoms with Crippen LogP contribution in [0.25, 0.3) is 0 Å². The summed E-state index contributed by atoms with van der Waals surface area (Å²) in [5.74, 6) is 1.20. The molecular weight excluding hydrogens is 390 g/mol. The van der Waals surface area contributed by atoms with Crippen molar-refractivity contribution < 1.29 is 19.0 Å². The second-order valence-electron chi connectivity index (χ2n) is 6.19. The molecule has 0 aromatic heterocycles. The number of nitrogens with two attached hydrogens (primary N) is 1. The van der Waals surface area contributed by atoms with E-state index in [-0.39, 0.29) is 12.7 Å². The van der Waals surface area contributed by atoms with Gasteiger partial charge in [0.25, 0.3) is 0 Å². The molecule has 0 aliphatic rings. The van der Waals surface area contributed by atoms with Crippen LogP contribution in [0, 0.1) is 0 Å². The quantitative estimate of drug-likeness (QED) is 0.291. The molecule has 0 radical (unpaired) electrons. The van der Waals surface area contributed by atoms with Gasteiger partial charge in [0, 0.05) is 5.75 Å². The summed E-state index contributed by atoms with van der Waals surface area (Å²) in [6.07, 6.45) is 1.38. The minimum absolute atomic E-state index is 0.189. The fourth-order valence-corrected chi connectivity index (χ4v) is 2.84. The van der Waals surface area contributed by atoms with E-state index in [1.165, 1.54) is 18.9 Å². The summed E-state index contributed by atoms with van der Waals surface area (Å²) in [7, 11) is 1.52. The number of hydrogen-bond acceptors (Lipinski definition) is 7. The third-order valence-corrected chi connectivity index (χ3v) is 4.35. The maximum absolute atomic E-state index is 11.6. The monoisotopic (exact) mass is 415 g/mol. The molecule has 0 heterocycles. The number of hydrogen-bond donors (Lipinski definition) is 1. The van der Waals surface area contributed by atoms with Crippen LogP contribution in [0.15, 0.2) is 58.7 Å². The molecule has 0 unspecified atom stereocenters. The molecule has 0 spiro atoms. The second-order valence-corrected chi connectivity index (χ2v) is 7.19. The first-order valence-electron chi connectivity index (χ1n) is 9.01. The van der Waals surface area contributed by atoms with E-state index in [1.54, 1.807) is 38.3 Å². The Bertz CT molecular complexity index is 854. The highest BCUT2D eigenvalue weighted by Crippen LogP contribution is 2.27. The summed E-state index contributed by atoms with van der Waals surface area (Å²) in [5.41, 5.74) is 7.80. The Kier molecular flexibility index (Phi) is 9.04. The molecule has 2 aromatic carbocycles. The van der Waals surface area contributed by atoms with Gasteiger partial charge in [-0.25, -0.2) is 4.79 Å². The van der Waals surface area contributed by atoms with E-state index in [0.717, 1.165) is 16.9 Å². The molecule has 0 saturated heterocycles. The topological polar surface area (TPSA) is 95.5 Å². The van der Waals surface area contributed by atoms with Crippen molar-refractivity contribution >= 4 is 29.1 Å². The fourth-order valence-electron chi connectivity index (χ4n) is 2.23. The zero-order valence-electron chi connectivity index (χ0n) is 16.7. The Morgan fingerprint density at radius 2 is 1.93 bits per heavy atom. The fraction of sp³-hybridized carbons (Fsp3) is 0.286. The lowest BCUT2D eigenvalue weighted by atomic mass is 10.2. The largest absolute Gasteiger partial charge is 0.493 e. The van der Waals surface area contributed by atoms with Crippen molar-refractivity contribution in [3.8, 4) is 11.5 Å². The summed E-state index contributed by atoms with van der Waals surface area (Å²) in [5, 5.41) is 8.38. The second kappa shape index (κ2) is 11.8. The number of methoxy groups -OCH3 is 1. The van der Waals surface area contributed by atoms with Crippen LogP contribution in [0.5, 0.6) is 11.5 Å². The highest BCUT2D eigenvalue weighted by Gasteiger charge is 2.10. The summed E-state index contributed by atoms with van der Waals surface area (Å²) >= 11 is 1.41. The predicted octanol–water partition coefficient (Wildman–Crippen LogP) is 3.61. The van der Waals surface area contributed by atoms with E-state index in [4.69, 9.17) is 19.9 Å². The van der Waals surface area contributed by atoms with E-state index in [9.17, 15) is 4.79 Å². The highest BCUT2D eigenvalue weighted by molar-refractivity contribution is 8.13. The number of benzene rings is 2. The number of rotatable bonds is 9. The van der Waals surface area contributed by atoms with Crippen molar-refractivity contribution in [1.82, 2.24) is 0 Å². The van der Waals surface area contributed by atoms with Gasteiger partial charge in [0.1, 0.15) is 0 Å². The van der Waals surface area contributed by atoms with Gasteiger partial charge >= 0.3 is 5.97 Å². The number of amidine groups is 1. The Balaban J connectivity index is 1.92. The maximum atomic E-state index is 11.6. The Morgan fingerprint density at radius 1 is 1.17 bits per heavy atom. The molecule has 2 aromatic rings. The lowest BCUT2D eigenvalue weighted by molar-refractivity contribution is -0.149. The SMILES string of the molecule is COc1cc(C=NN=C(N)SCc2ccccc2)ccc1OCC(=O)OC(C)C. The van der Waals surface area contributed by atoms with E-state index >= 15 is 0 Å². The van der Waals surface area contributed by atoms with E-state index in [2.05, 4.69) is 10.2 Å². The first-order valence-corrected chi connectivity index (χ1v) is 10.00. The number of thioether (sulfide) groups is 1. The van der Waals surface area contributed by atoms with Gasteiger partial charge < -0.3 is 19.9 Å². The average molecular weight is 416 g/mol. The molecular formula is C21H25N3O4S. The van der Waals surface area contributed by atoms with Crippen LogP contribution in [-0.4, -0.2) is 37.2 Å². The van der Waals surface area contributed by atoms with E-state index in [1.807, 2.05) is 30.3 Å². The molecule has 0 aliphatic carbocycles. The number of nitrogens with zero attached hydrogens (tertiary/aromatic N) is 2. The zero-order chi connectivity index (χ0) is 21.1. The van der Waals surface area contributed by atoms with Crippen LogP contribution in [0.2, 0.25) is 0 Å². The Hall–Kier alpha value is -3.00. The van der Waals surface area contributed by atoms with Gasteiger partial charge in [-0.15, -0.1) is 5.10 Å². The summed E-state index contributed by atoms with van der Waals surface area (Å²) in [4.78, 5) is 11.6. The zero-order valence-corrected chi connectivity index (χ0v) is 17.5. The predicted molar refractivity (Wildman–Crippen MR) is 117 cm³/mol. The van der Waals surface area contributed by atoms with Gasteiger partial charge in [0.05, 0.1) is 19.4 Å². The number of esters is 1. The normalized spacial score (nSPS) is 11.7. The van der Waals surface area contributed by atoms with Gasteiger partial charge in [-0.05, 0) is 43.2 Å². The average Bonchev–Trinajstić information content (AvgIpc) is 2.71. The minimum Gasteiger partial charge on any atom is -0.493 e. The smallest absolute Gasteiger partial charge is 0.344 e. The van der Waals surface area contributed by atoms with Crippen LogP contribution in [0.3, 0.4) is 0 Å². The van der Waals surface area contributed by atoms with Crippen LogP contribution in [-0.2, 0) is 15.3 Å². The standard InChI is InChI=1S/C21H25N3O4S/c1-15(2)28-20(25)13-27-18-10-9-17(11-19(18)26-3)12-23-24-21(22)29-14-16-7-5-4-6-8-16/h4-12,15H,13-14H2,1-3H3,(H2,22,24). The molecule has 7 nitrogen and oxygen atoms in total. The van der Waals surface area contributed by atoms with Crippen molar-refractivity contribution in [2.45, 2.75) is 25.7 Å². The molecule has 8 heteroatoms. The van der Waals surface area contributed by atoms with Gasteiger partial charge in [-0.3, -0.25) is 0 Å². The van der Waals surface area contributed by atoms with Crippen molar-refractivity contribution in [1.29, 1.82) is 0 Å². The van der Waals surface area contributed by atoms with Crippen molar-refractivity contribution in [2.24, 2.45) is 15.9 Å². The first kappa shape index (κ1) is 22.3. The first-order chi connectivity index (χ1) is 14.0. The molecule has 0 aliphatic heterocycles. The molecule has 0 fully saturated rings. The maximum Gasteiger partial charge on any atom is 0.344 e. The van der Waals surface area contributed by atoms with Gasteiger partial charge in [-0.2, -0.15) is 5.10 Å². The van der Waals surface area contributed by atoms with Crippen molar-refractivity contribution in [2.75, 3.05) is 13.7 Å². The molecule has 154 valence electrons. The third-order valence-electron chi connectivity index (χ3n) is 3.49. The molecule has 2 rings (SSSR count). The summed E-state index contributed by atoms with van der Waals surface area (Å²) in [6.45, 7) is 3.37. The lowest BCUT2D eigenvalue weighted by Crippen LogP contribution is -2.18. The van der Waals surface area contributed by atoms with Crippen LogP contribution in [0.4, 0.5) is 0 Å². The number of ether oxygens (including phenoxy) is 3. The number of carbonyl (C=O) groups excluding carboxylic acids is 1. The Labute approximate surface area is 174 Å². The molecule has 2 N–H and O–H groups in total. The molecule has 0 atom stereocenters.